The summed E-state index contributed by atoms with van der Waals surface area (Å²) < 4.78 is 1.97. The molecule has 0 aliphatic rings. The Morgan fingerprint density at radius 2 is 1.96 bits per heavy atom. The van der Waals surface area contributed by atoms with E-state index in [-0.39, 0.29) is 5.41 Å². The molecule has 0 aromatic carbocycles. The summed E-state index contributed by atoms with van der Waals surface area (Å²) in [5, 5.41) is 14.9. The van der Waals surface area contributed by atoms with Crippen molar-refractivity contribution in [3.63, 3.8) is 0 Å². The van der Waals surface area contributed by atoms with Crippen molar-refractivity contribution in [2.45, 2.75) is 37.1 Å². The number of nitrogens with one attached hydrogen (secondary N) is 1. The van der Waals surface area contributed by atoms with Gasteiger partial charge >= 0.3 is 0 Å². The third kappa shape index (κ3) is 2.76. The average Bonchev–Trinajstić information content (AvgIpc) is 3.20. The van der Waals surface area contributed by atoms with Crippen LogP contribution in [0.5, 0.6) is 0 Å². The van der Waals surface area contributed by atoms with Crippen LogP contribution in [0.2, 0.25) is 0 Å². The third-order valence-electron chi connectivity index (χ3n) is 4.20. The molecular weight excluding hydrogens is 334 g/mol. The predicted octanol–water partition coefficient (Wildman–Crippen LogP) is 3.04. The first-order chi connectivity index (χ1) is 11.9. The minimum Gasteiger partial charge on any atom is -0.278 e. The van der Waals surface area contributed by atoms with Gasteiger partial charge in [0.25, 0.3) is 0 Å². The first-order valence-electron chi connectivity index (χ1n) is 8.11. The number of thiol groups is 1. The first-order valence-corrected chi connectivity index (χ1v) is 10.1. The van der Waals surface area contributed by atoms with E-state index in [9.17, 15) is 0 Å². The maximum atomic E-state index is 4.59. The van der Waals surface area contributed by atoms with Crippen LogP contribution < -0.4 is 0 Å². The van der Waals surface area contributed by atoms with Crippen LogP contribution in [-0.2, 0) is 11.3 Å². The molecule has 4 aromatic rings. The second-order valence-corrected chi connectivity index (χ2v) is 9.26. The smallest absolute Gasteiger partial charge is 0.162 e. The largest absolute Gasteiger partial charge is 0.278 e. The highest BCUT2D eigenvalue weighted by atomic mass is 32.2. The van der Waals surface area contributed by atoms with Gasteiger partial charge in [0.1, 0.15) is 6.33 Å². The zero-order valence-corrected chi connectivity index (χ0v) is 15.6. The zero-order chi connectivity index (χ0) is 17.6. The number of aromatic amines is 1. The number of rotatable bonds is 3. The number of hydrogen-bond donors (Lipinski definition) is 2. The SMILES string of the molecule is C[SH](Cn1ncc2c(C(C)(C)C)ncnc21)c1nccc2[nH]ncc12. The van der Waals surface area contributed by atoms with E-state index >= 15 is 0 Å². The lowest BCUT2D eigenvalue weighted by Crippen LogP contribution is -2.14. The fraction of sp³-hybridized carbons (Fsp3) is 0.353. The van der Waals surface area contributed by atoms with E-state index in [4.69, 9.17) is 0 Å². The molecule has 0 amide bonds. The number of H-pyrrole nitrogens is 1. The Hall–Kier alpha value is -2.48. The lowest BCUT2D eigenvalue weighted by Gasteiger charge is -2.19. The molecular formula is C17H21N7S. The van der Waals surface area contributed by atoms with Crippen LogP contribution in [-0.4, -0.2) is 41.2 Å². The summed E-state index contributed by atoms with van der Waals surface area (Å²) in [4.78, 5) is 13.5. The van der Waals surface area contributed by atoms with Crippen molar-refractivity contribution in [1.29, 1.82) is 0 Å². The van der Waals surface area contributed by atoms with E-state index in [0.29, 0.717) is 0 Å². The van der Waals surface area contributed by atoms with Gasteiger partial charge in [0.2, 0.25) is 0 Å². The van der Waals surface area contributed by atoms with Gasteiger partial charge in [0.05, 0.1) is 45.3 Å². The molecule has 8 heteroatoms. The standard InChI is InChI=1S/C17H21N7S/c1-17(2,3)14-12-8-22-24(15(12)20-9-19-14)10-25(4)16-11-7-21-23-13(11)5-6-18-16/h5-9,25H,10H2,1-4H3,(H,21,23). The van der Waals surface area contributed by atoms with Crippen LogP contribution in [0.3, 0.4) is 0 Å². The van der Waals surface area contributed by atoms with Crippen molar-refractivity contribution < 1.29 is 0 Å². The molecule has 0 bridgehead atoms. The predicted molar refractivity (Wildman–Crippen MR) is 101 cm³/mol. The quantitative estimate of drug-likeness (QED) is 0.552. The molecule has 130 valence electrons. The Balaban J connectivity index is 1.73. The second kappa shape index (κ2) is 5.80. The molecule has 7 nitrogen and oxygen atoms in total. The summed E-state index contributed by atoms with van der Waals surface area (Å²) in [5.74, 6) is 0.761. The molecule has 4 aromatic heterocycles. The first kappa shape index (κ1) is 16.0. The number of nitrogens with zero attached hydrogens (tertiary/aromatic N) is 6. The fourth-order valence-electron chi connectivity index (χ4n) is 3.02. The van der Waals surface area contributed by atoms with Gasteiger partial charge < -0.3 is 0 Å². The van der Waals surface area contributed by atoms with Crippen molar-refractivity contribution in [2.24, 2.45) is 0 Å². The highest BCUT2D eigenvalue weighted by molar-refractivity contribution is 8.15. The molecule has 4 rings (SSSR count). The molecule has 0 saturated heterocycles. The average molecular weight is 355 g/mol. The highest BCUT2D eigenvalue weighted by Crippen LogP contribution is 2.37. The van der Waals surface area contributed by atoms with Crippen LogP contribution in [0.15, 0.2) is 36.0 Å². The van der Waals surface area contributed by atoms with Gasteiger partial charge in [-0.3, -0.25) is 10.1 Å². The monoisotopic (exact) mass is 355 g/mol. The maximum Gasteiger partial charge on any atom is 0.162 e. The van der Waals surface area contributed by atoms with Gasteiger partial charge in [0, 0.05) is 11.6 Å². The molecule has 1 atom stereocenters. The van der Waals surface area contributed by atoms with Gasteiger partial charge in [0.15, 0.2) is 5.65 Å². The van der Waals surface area contributed by atoms with Crippen molar-refractivity contribution in [3.8, 4) is 0 Å². The van der Waals surface area contributed by atoms with Crippen molar-refractivity contribution in [1.82, 2.24) is 34.9 Å². The van der Waals surface area contributed by atoms with Crippen molar-refractivity contribution in [3.05, 3.63) is 36.7 Å². The number of aromatic nitrogens is 7. The van der Waals surface area contributed by atoms with Crippen LogP contribution in [0.1, 0.15) is 26.5 Å². The van der Waals surface area contributed by atoms with E-state index in [1.165, 1.54) is 0 Å². The topological polar surface area (TPSA) is 85.2 Å². The van der Waals surface area contributed by atoms with Crippen LogP contribution >= 0.6 is 10.9 Å². The van der Waals surface area contributed by atoms with Crippen LogP contribution in [0.4, 0.5) is 0 Å². The summed E-state index contributed by atoms with van der Waals surface area (Å²) in [6.45, 7) is 6.47. The molecule has 4 heterocycles. The molecule has 0 fully saturated rings. The molecule has 0 saturated carbocycles. The number of pyridine rings is 1. The van der Waals surface area contributed by atoms with Crippen LogP contribution in [0, 0.1) is 0 Å². The van der Waals surface area contributed by atoms with Gasteiger partial charge in [-0.2, -0.15) is 21.1 Å². The van der Waals surface area contributed by atoms with Gasteiger partial charge in [-0.05, 0) is 12.3 Å². The molecule has 1 N–H and O–H groups in total. The molecule has 25 heavy (non-hydrogen) atoms. The Kier molecular flexibility index (Phi) is 3.72. The Morgan fingerprint density at radius 1 is 1.12 bits per heavy atom. The molecule has 0 aliphatic carbocycles. The minimum absolute atomic E-state index is 0.0457. The van der Waals surface area contributed by atoms with Crippen molar-refractivity contribution in [2.75, 3.05) is 6.26 Å². The normalized spacial score (nSPS) is 14.3. The summed E-state index contributed by atoms with van der Waals surface area (Å²) in [6, 6.07) is 1.95. The Labute approximate surface area is 148 Å². The van der Waals surface area contributed by atoms with E-state index in [0.717, 1.165) is 38.5 Å². The van der Waals surface area contributed by atoms with Gasteiger partial charge in [-0.25, -0.2) is 14.6 Å². The summed E-state index contributed by atoms with van der Waals surface area (Å²) in [7, 11) is -0.542. The number of hydrogen-bond acceptors (Lipinski definition) is 5. The Bertz CT molecular complexity index is 1040. The number of fused-ring (bicyclic) bond motifs is 2. The zero-order valence-electron chi connectivity index (χ0n) is 14.7. The summed E-state index contributed by atoms with van der Waals surface area (Å²) in [6.07, 6.45) is 9.40. The van der Waals surface area contributed by atoms with Gasteiger partial charge in [-0.1, -0.05) is 20.8 Å². The lowest BCUT2D eigenvalue weighted by molar-refractivity contribution is 0.574. The second-order valence-electron chi connectivity index (χ2n) is 7.16. The Morgan fingerprint density at radius 3 is 2.76 bits per heavy atom. The highest BCUT2D eigenvalue weighted by Gasteiger charge is 2.21. The summed E-state index contributed by atoms with van der Waals surface area (Å²) in [5.41, 5.74) is 2.88. The minimum atomic E-state index is -0.542. The van der Waals surface area contributed by atoms with E-state index in [2.05, 4.69) is 57.3 Å². The van der Waals surface area contributed by atoms with E-state index in [1.807, 2.05) is 29.3 Å². The van der Waals surface area contributed by atoms with Crippen molar-refractivity contribution >= 4 is 32.8 Å². The molecule has 0 radical (unpaired) electrons. The molecule has 0 spiro atoms. The van der Waals surface area contributed by atoms with E-state index < -0.39 is 10.9 Å². The maximum absolute atomic E-state index is 4.59. The summed E-state index contributed by atoms with van der Waals surface area (Å²) >= 11 is 0. The molecule has 0 aliphatic heterocycles. The van der Waals surface area contributed by atoms with E-state index in [1.54, 1.807) is 6.33 Å². The molecule has 1 unspecified atom stereocenters. The fourth-order valence-corrected chi connectivity index (χ4v) is 4.62. The van der Waals surface area contributed by atoms with Crippen LogP contribution in [0.25, 0.3) is 21.9 Å². The lowest BCUT2D eigenvalue weighted by atomic mass is 9.90. The van der Waals surface area contributed by atoms with Gasteiger partial charge in [-0.15, -0.1) is 0 Å². The third-order valence-corrected chi connectivity index (χ3v) is 5.97.